The van der Waals surface area contributed by atoms with E-state index in [1.807, 2.05) is 32.6 Å². The maximum atomic E-state index is 15.1. The number of pyridine rings is 1. The molecule has 9 heteroatoms. The molecule has 220 valence electrons. The first-order chi connectivity index (χ1) is 20.3. The van der Waals surface area contributed by atoms with Gasteiger partial charge in [0.05, 0.1) is 22.3 Å². The van der Waals surface area contributed by atoms with Crippen LogP contribution in [0.15, 0.2) is 36.5 Å². The lowest BCUT2D eigenvalue weighted by Gasteiger charge is -2.32. The highest BCUT2D eigenvalue weighted by Crippen LogP contribution is 2.41. The Kier molecular flexibility index (Phi) is 6.80. The summed E-state index contributed by atoms with van der Waals surface area (Å²) in [4.78, 5) is 29.0. The molecule has 7 rings (SSSR count). The quantitative estimate of drug-likeness (QED) is 0.362. The highest BCUT2D eigenvalue weighted by Gasteiger charge is 2.30. The number of aryl methyl sites for hydroxylation is 1. The largest absolute Gasteiger partial charge is 0.343 e. The molecule has 0 spiro atoms. The van der Waals surface area contributed by atoms with E-state index in [1.165, 1.54) is 12.8 Å². The van der Waals surface area contributed by atoms with E-state index in [0.717, 1.165) is 77.7 Å². The predicted molar refractivity (Wildman–Crippen MR) is 161 cm³/mol. The van der Waals surface area contributed by atoms with Crippen LogP contribution in [-0.2, 0) is 11.3 Å². The maximum absolute atomic E-state index is 15.1. The van der Waals surface area contributed by atoms with E-state index in [2.05, 4.69) is 17.6 Å². The van der Waals surface area contributed by atoms with E-state index >= 15 is 4.39 Å². The first kappa shape index (κ1) is 27.1. The summed E-state index contributed by atoms with van der Waals surface area (Å²) in [6.45, 7) is 7.26. The van der Waals surface area contributed by atoms with Gasteiger partial charge in [-0.15, -0.1) is 0 Å². The number of benzene rings is 1. The normalized spacial score (nSPS) is 20.1. The summed E-state index contributed by atoms with van der Waals surface area (Å²) in [6.07, 6.45) is 7.75. The van der Waals surface area contributed by atoms with Crippen LogP contribution >= 0.6 is 0 Å². The molecule has 1 aliphatic carbocycles. The molecule has 2 aliphatic heterocycles. The molecule has 1 saturated carbocycles. The van der Waals surface area contributed by atoms with Crippen molar-refractivity contribution in [2.45, 2.75) is 70.9 Å². The van der Waals surface area contributed by atoms with Gasteiger partial charge in [-0.3, -0.25) is 9.59 Å². The third kappa shape index (κ3) is 4.87. The number of piperidine rings is 2. The van der Waals surface area contributed by atoms with Crippen molar-refractivity contribution < 1.29 is 14.0 Å². The molecule has 3 aliphatic rings. The van der Waals surface area contributed by atoms with Crippen molar-refractivity contribution in [2.75, 3.05) is 26.2 Å². The van der Waals surface area contributed by atoms with Crippen LogP contribution in [0.3, 0.4) is 0 Å². The molecular formula is C33H39FN6O2. The number of nitrogens with two attached hydrogens (primary N) is 1. The van der Waals surface area contributed by atoms with Crippen molar-refractivity contribution in [1.29, 1.82) is 0 Å². The minimum Gasteiger partial charge on any atom is -0.343 e. The van der Waals surface area contributed by atoms with Crippen LogP contribution in [0.2, 0.25) is 0 Å². The third-order valence-corrected chi connectivity index (χ3v) is 9.62. The molecule has 5 heterocycles. The molecule has 42 heavy (non-hydrogen) atoms. The summed E-state index contributed by atoms with van der Waals surface area (Å²) >= 11 is 0. The second-order valence-corrected chi connectivity index (χ2v) is 12.7. The minimum atomic E-state index is -0.228. The van der Waals surface area contributed by atoms with Gasteiger partial charge in [-0.05, 0) is 93.2 Å². The number of rotatable bonds is 5. The Labute approximate surface area is 245 Å². The van der Waals surface area contributed by atoms with Crippen molar-refractivity contribution in [1.82, 2.24) is 24.0 Å². The lowest BCUT2D eigenvalue weighted by molar-refractivity contribution is -0.129. The summed E-state index contributed by atoms with van der Waals surface area (Å²) in [6, 6.07) is 9.33. The second-order valence-electron chi connectivity index (χ2n) is 12.7. The van der Waals surface area contributed by atoms with Crippen LogP contribution in [-0.4, -0.2) is 68.0 Å². The summed E-state index contributed by atoms with van der Waals surface area (Å²) < 4.78 is 19.3. The van der Waals surface area contributed by atoms with Crippen LogP contribution in [0.4, 0.5) is 4.39 Å². The van der Waals surface area contributed by atoms with Crippen molar-refractivity contribution in [3.8, 4) is 11.4 Å². The van der Waals surface area contributed by atoms with E-state index in [1.54, 1.807) is 19.1 Å². The van der Waals surface area contributed by atoms with Gasteiger partial charge in [0.15, 0.2) is 0 Å². The van der Waals surface area contributed by atoms with Gasteiger partial charge < -0.3 is 20.1 Å². The zero-order chi connectivity index (χ0) is 29.1. The molecule has 3 aromatic heterocycles. The number of hydrogen-bond donors (Lipinski definition) is 1. The zero-order valence-electron chi connectivity index (χ0n) is 24.5. The maximum Gasteiger partial charge on any atom is 0.255 e. The van der Waals surface area contributed by atoms with Crippen LogP contribution in [0.5, 0.6) is 0 Å². The van der Waals surface area contributed by atoms with E-state index in [-0.39, 0.29) is 29.6 Å². The Balaban J connectivity index is 1.30. The van der Waals surface area contributed by atoms with Crippen molar-refractivity contribution >= 4 is 28.2 Å². The van der Waals surface area contributed by atoms with Crippen LogP contribution in [0.25, 0.3) is 27.8 Å². The van der Waals surface area contributed by atoms with E-state index in [9.17, 15) is 9.59 Å². The lowest BCUT2D eigenvalue weighted by Crippen LogP contribution is -2.45. The fourth-order valence-electron chi connectivity index (χ4n) is 7.09. The van der Waals surface area contributed by atoms with Gasteiger partial charge in [0.1, 0.15) is 11.5 Å². The van der Waals surface area contributed by atoms with Gasteiger partial charge in [-0.1, -0.05) is 0 Å². The molecule has 0 bridgehead atoms. The van der Waals surface area contributed by atoms with Crippen molar-refractivity contribution in [3.05, 3.63) is 59.0 Å². The number of fused-ring (bicyclic) bond motifs is 2. The number of nitrogens with zero attached hydrogens (tertiary/aromatic N) is 5. The number of carbonyl (C=O) groups is 2. The predicted octanol–water partition coefficient (Wildman–Crippen LogP) is 5.10. The Bertz CT molecular complexity index is 1690. The molecule has 3 fully saturated rings. The van der Waals surface area contributed by atoms with E-state index in [0.29, 0.717) is 31.1 Å². The first-order valence-electron chi connectivity index (χ1n) is 15.4. The van der Waals surface area contributed by atoms with Crippen LogP contribution in [0.1, 0.15) is 72.9 Å². The average molecular weight is 571 g/mol. The van der Waals surface area contributed by atoms with Gasteiger partial charge in [0, 0.05) is 62.8 Å². The molecule has 8 nitrogen and oxygen atoms in total. The van der Waals surface area contributed by atoms with Gasteiger partial charge in [0.25, 0.3) is 5.91 Å². The fourth-order valence-corrected chi connectivity index (χ4v) is 7.09. The highest BCUT2D eigenvalue weighted by atomic mass is 19.1. The summed E-state index contributed by atoms with van der Waals surface area (Å²) in [7, 11) is 0. The third-order valence-electron chi connectivity index (χ3n) is 9.62. The van der Waals surface area contributed by atoms with Gasteiger partial charge in [-0.2, -0.15) is 5.10 Å². The van der Waals surface area contributed by atoms with Gasteiger partial charge in [-0.25, -0.2) is 8.91 Å². The summed E-state index contributed by atoms with van der Waals surface area (Å²) in [5.41, 5.74) is 12.7. The topological polar surface area (TPSA) is 88.9 Å². The van der Waals surface area contributed by atoms with Gasteiger partial charge in [0.2, 0.25) is 5.91 Å². The van der Waals surface area contributed by atoms with E-state index in [4.69, 9.17) is 10.8 Å². The molecule has 0 radical (unpaired) electrons. The summed E-state index contributed by atoms with van der Waals surface area (Å²) in [5, 5.41) is 5.92. The Morgan fingerprint density at radius 1 is 1.02 bits per heavy atom. The minimum absolute atomic E-state index is 0.0134. The molecule has 4 aromatic rings. The van der Waals surface area contributed by atoms with Gasteiger partial charge >= 0.3 is 0 Å². The zero-order valence-corrected chi connectivity index (χ0v) is 24.5. The molecule has 1 aromatic carbocycles. The standard InChI is InChI=1S/C33H39FN6O2/c1-20-29-8-7-24(33(42)38-11-3-4-27(35)19-38)18-40(29)36-31(20)30-15-25-14-26(34)16-28(32(25)39(30)17-22-5-6-22)23-9-12-37(13-10-23)21(2)41/h7-8,14-16,18,22-23,27H,3-6,9-13,17,19,35H2,1-2H3/t27-/m1/s1. The average Bonchev–Trinajstić information content (AvgIpc) is 3.66. The molecular weight excluding hydrogens is 531 g/mol. The molecule has 0 unspecified atom stereocenters. The monoisotopic (exact) mass is 570 g/mol. The SMILES string of the molecule is CC(=O)N1CCC(c2cc(F)cc3cc(-c4nn5cc(C(=O)N6CCC[C@@H](N)C6)ccc5c4C)n(CC4CC4)c23)CC1. The van der Waals surface area contributed by atoms with Crippen molar-refractivity contribution in [3.63, 3.8) is 0 Å². The molecule has 2 saturated heterocycles. The number of carbonyl (C=O) groups excluding carboxylic acids is 2. The Morgan fingerprint density at radius 2 is 1.81 bits per heavy atom. The molecule has 2 amide bonds. The summed E-state index contributed by atoms with van der Waals surface area (Å²) in [5.74, 6) is 0.658. The van der Waals surface area contributed by atoms with Crippen molar-refractivity contribution in [2.24, 2.45) is 11.7 Å². The number of halogens is 1. The number of aromatic nitrogens is 3. The molecule has 2 N–H and O–H groups in total. The Morgan fingerprint density at radius 3 is 2.52 bits per heavy atom. The first-order valence-corrected chi connectivity index (χ1v) is 15.4. The Hall–Kier alpha value is -3.72. The number of amides is 2. The lowest BCUT2D eigenvalue weighted by atomic mass is 9.88. The highest BCUT2D eigenvalue weighted by molar-refractivity contribution is 5.95. The number of likely N-dealkylation sites (tertiary alicyclic amines) is 2. The second kappa shape index (κ2) is 10.5. The van der Waals surface area contributed by atoms with Crippen LogP contribution < -0.4 is 5.73 Å². The smallest absolute Gasteiger partial charge is 0.255 e. The number of hydrogen-bond acceptors (Lipinski definition) is 4. The van der Waals surface area contributed by atoms with Crippen LogP contribution in [0, 0.1) is 18.7 Å². The molecule has 1 atom stereocenters. The fraction of sp³-hybridized carbons (Fsp3) is 0.485. The van der Waals surface area contributed by atoms with E-state index < -0.39 is 0 Å².